The predicted octanol–water partition coefficient (Wildman–Crippen LogP) is 5.42. The highest BCUT2D eigenvalue weighted by Crippen LogP contribution is 2.36. The number of H-pyrrole nitrogens is 1. The summed E-state index contributed by atoms with van der Waals surface area (Å²) in [5, 5.41) is 4.89. The molecule has 4 rings (SSSR count). The maximum atomic E-state index is 13.1. The molecule has 0 bridgehead atoms. The summed E-state index contributed by atoms with van der Waals surface area (Å²) in [5.41, 5.74) is 5.46. The fraction of sp³-hybridized carbons (Fsp3) is 0.0833. The van der Waals surface area contributed by atoms with Crippen molar-refractivity contribution in [2.75, 3.05) is 7.11 Å². The van der Waals surface area contributed by atoms with Crippen molar-refractivity contribution in [3.05, 3.63) is 93.8 Å². The first-order valence-electron chi connectivity index (χ1n) is 9.69. The lowest BCUT2D eigenvalue weighted by Gasteiger charge is -2.13. The summed E-state index contributed by atoms with van der Waals surface area (Å²) < 4.78 is 25.0. The number of ether oxygens (including phenoxy) is 2. The van der Waals surface area contributed by atoms with E-state index in [9.17, 15) is 9.18 Å². The molecule has 8 heteroatoms. The van der Waals surface area contributed by atoms with Gasteiger partial charge in [0, 0.05) is 17.1 Å². The fourth-order valence-corrected chi connectivity index (χ4v) is 3.75. The Balaban J connectivity index is 1.45. The van der Waals surface area contributed by atoms with Crippen molar-refractivity contribution in [1.29, 1.82) is 0 Å². The minimum Gasteiger partial charge on any atom is -0.493 e. The minimum atomic E-state index is -0.316. The molecule has 0 aliphatic heterocycles. The molecule has 1 amide bonds. The Kier molecular flexibility index (Phi) is 6.51. The van der Waals surface area contributed by atoms with Gasteiger partial charge in [-0.2, -0.15) is 5.10 Å². The number of hydrogen-bond acceptors (Lipinski definition) is 4. The molecule has 0 atom stereocenters. The van der Waals surface area contributed by atoms with E-state index >= 15 is 0 Å². The monoisotopic (exact) mass is 495 g/mol. The van der Waals surface area contributed by atoms with Gasteiger partial charge < -0.3 is 14.5 Å². The van der Waals surface area contributed by atoms with E-state index in [-0.39, 0.29) is 18.3 Å². The number of carbonyl (C=O) groups excluding carboxylic acids is 1. The summed E-state index contributed by atoms with van der Waals surface area (Å²) in [5.74, 6) is 0.389. The van der Waals surface area contributed by atoms with Crippen LogP contribution >= 0.6 is 15.9 Å². The van der Waals surface area contributed by atoms with E-state index in [1.165, 1.54) is 25.5 Å². The van der Waals surface area contributed by atoms with Gasteiger partial charge >= 0.3 is 0 Å². The number of amides is 1. The highest BCUT2D eigenvalue weighted by molar-refractivity contribution is 9.10. The number of aromatic nitrogens is 1. The first-order valence-corrected chi connectivity index (χ1v) is 10.5. The van der Waals surface area contributed by atoms with Crippen molar-refractivity contribution in [2.24, 2.45) is 5.10 Å². The van der Waals surface area contributed by atoms with E-state index in [0.29, 0.717) is 27.1 Å². The number of aromatic amines is 1. The van der Waals surface area contributed by atoms with Crippen molar-refractivity contribution < 1.29 is 18.7 Å². The van der Waals surface area contributed by atoms with Crippen molar-refractivity contribution in [1.82, 2.24) is 10.4 Å². The molecule has 0 unspecified atom stereocenters. The average Bonchev–Trinajstić information content (AvgIpc) is 3.23. The molecular weight excluding hydrogens is 477 g/mol. The second kappa shape index (κ2) is 9.65. The molecule has 0 saturated heterocycles. The number of carbonyl (C=O) groups is 1. The highest BCUT2D eigenvalue weighted by atomic mass is 79.9. The van der Waals surface area contributed by atoms with E-state index in [4.69, 9.17) is 9.47 Å². The zero-order valence-electron chi connectivity index (χ0n) is 17.1. The van der Waals surface area contributed by atoms with E-state index in [0.717, 1.165) is 16.5 Å². The number of methoxy groups -OCH3 is 1. The summed E-state index contributed by atoms with van der Waals surface area (Å²) >= 11 is 3.49. The molecule has 0 saturated carbocycles. The summed E-state index contributed by atoms with van der Waals surface area (Å²) in [6, 6.07) is 17.2. The van der Waals surface area contributed by atoms with Crippen molar-refractivity contribution in [3.8, 4) is 11.5 Å². The zero-order valence-corrected chi connectivity index (χ0v) is 18.6. The van der Waals surface area contributed by atoms with Gasteiger partial charge in [-0.05, 0) is 57.4 Å². The van der Waals surface area contributed by atoms with Crippen LogP contribution in [0.5, 0.6) is 11.5 Å². The van der Waals surface area contributed by atoms with Crippen LogP contribution in [0, 0.1) is 5.82 Å². The fourth-order valence-electron chi connectivity index (χ4n) is 3.18. The highest BCUT2D eigenvalue weighted by Gasteiger charge is 2.13. The molecule has 1 heterocycles. The van der Waals surface area contributed by atoms with Gasteiger partial charge in [-0.1, -0.05) is 30.3 Å². The van der Waals surface area contributed by atoms with Crippen LogP contribution in [-0.4, -0.2) is 24.2 Å². The average molecular weight is 496 g/mol. The van der Waals surface area contributed by atoms with Gasteiger partial charge in [0.1, 0.15) is 12.4 Å². The smallest absolute Gasteiger partial charge is 0.273 e. The second-order valence-electron chi connectivity index (χ2n) is 6.90. The molecule has 0 fully saturated rings. The number of benzene rings is 3. The Morgan fingerprint density at radius 3 is 2.75 bits per heavy atom. The Morgan fingerprint density at radius 2 is 1.97 bits per heavy atom. The first kappa shape index (κ1) is 21.6. The number of hydrogen-bond donors (Lipinski definition) is 2. The van der Waals surface area contributed by atoms with E-state index in [2.05, 4.69) is 31.4 Å². The van der Waals surface area contributed by atoms with Crippen LogP contribution in [0.4, 0.5) is 4.39 Å². The molecular formula is C24H19BrFN3O3. The molecule has 4 aromatic rings. The number of nitrogens with one attached hydrogen (secondary N) is 2. The van der Waals surface area contributed by atoms with Gasteiger partial charge in [0.05, 0.1) is 23.4 Å². The molecule has 0 aliphatic rings. The van der Waals surface area contributed by atoms with Gasteiger partial charge in [0.15, 0.2) is 11.5 Å². The Morgan fingerprint density at radius 1 is 1.19 bits per heavy atom. The number of fused-ring (bicyclic) bond motifs is 1. The lowest BCUT2D eigenvalue weighted by Crippen LogP contribution is -2.17. The third-order valence-corrected chi connectivity index (χ3v) is 5.35. The van der Waals surface area contributed by atoms with Crippen LogP contribution in [0.2, 0.25) is 0 Å². The van der Waals surface area contributed by atoms with Gasteiger partial charge in [0.25, 0.3) is 5.91 Å². The molecule has 0 spiro atoms. The van der Waals surface area contributed by atoms with Crippen molar-refractivity contribution >= 4 is 39.0 Å². The third-order valence-electron chi connectivity index (χ3n) is 4.76. The predicted molar refractivity (Wildman–Crippen MR) is 125 cm³/mol. The number of nitrogens with zero attached hydrogens (tertiary/aromatic N) is 1. The first-order chi connectivity index (χ1) is 15.5. The van der Waals surface area contributed by atoms with E-state index in [1.807, 2.05) is 24.3 Å². The van der Waals surface area contributed by atoms with E-state index < -0.39 is 0 Å². The van der Waals surface area contributed by atoms with E-state index in [1.54, 1.807) is 30.5 Å². The van der Waals surface area contributed by atoms with Crippen LogP contribution in [0.1, 0.15) is 21.5 Å². The molecule has 2 N–H and O–H groups in total. The molecule has 6 nitrogen and oxygen atoms in total. The lowest BCUT2D eigenvalue weighted by atomic mass is 10.2. The minimum absolute atomic E-state index is 0.253. The lowest BCUT2D eigenvalue weighted by molar-refractivity contribution is 0.0957. The van der Waals surface area contributed by atoms with Gasteiger partial charge in [-0.25, -0.2) is 9.82 Å². The van der Waals surface area contributed by atoms with Gasteiger partial charge in [-0.15, -0.1) is 0 Å². The Bertz CT molecular complexity index is 1290. The second-order valence-corrected chi connectivity index (χ2v) is 7.75. The molecule has 32 heavy (non-hydrogen) atoms. The Hall–Kier alpha value is -3.65. The molecule has 3 aromatic carbocycles. The zero-order chi connectivity index (χ0) is 22.5. The van der Waals surface area contributed by atoms with Crippen molar-refractivity contribution in [3.63, 3.8) is 0 Å². The van der Waals surface area contributed by atoms with Crippen molar-refractivity contribution in [2.45, 2.75) is 6.61 Å². The van der Waals surface area contributed by atoms with Crippen LogP contribution < -0.4 is 14.9 Å². The molecule has 0 aliphatic carbocycles. The summed E-state index contributed by atoms with van der Waals surface area (Å²) in [6.07, 6.45) is 3.17. The molecule has 0 radical (unpaired) electrons. The number of para-hydroxylation sites is 1. The Labute approximate surface area is 192 Å². The molecule has 1 aromatic heterocycles. The number of rotatable bonds is 7. The van der Waals surface area contributed by atoms with Gasteiger partial charge in [0.2, 0.25) is 0 Å². The molecule has 162 valence electrons. The third kappa shape index (κ3) is 4.81. The summed E-state index contributed by atoms with van der Waals surface area (Å²) in [6.45, 7) is 0.253. The normalized spacial score (nSPS) is 11.1. The van der Waals surface area contributed by atoms with Crippen LogP contribution in [0.25, 0.3) is 10.9 Å². The summed E-state index contributed by atoms with van der Waals surface area (Å²) in [7, 11) is 1.53. The SMILES string of the molecule is COc1cc(C=NNC(=O)c2c[nH]c3ccccc23)cc(Br)c1OCc1ccc(F)cc1. The maximum Gasteiger partial charge on any atom is 0.273 e. The van der Waals surface area contributed by atoms with Gasteiger partial charge in [-0.3, -0.25) is 4.79 Å². The maximum absolute atomic E-state index is 13.1. The largest absolute Gasteiger partial charge is 0.493 e. The van der Waals surface area contributed by atoms with Crippen LogP contribution in [-0.2, 0) is 6.61 Å². The number of halogens is 2. The quantitative estimate of drug-likeness (QED) is 0.265. The number of hydrazone groups is 1. The van der Waals surface area contributed by atoms with Crippen LogP contribution in [0.15, 0.2) is 76.4 Å². The standard InChI is InChI=1S/C24H19BrFN3O3/c1-31-22-11-16(10-20(25)23(22)32-14-15-6-8-17(26)9-7-15)12-28-29-24(30)19-13-27-21-5-3-2-4-18(19)21/h2-13,27H,14H2,1H3,(H,29,30). The summed E-state index contributed by atoms with van der Waals surface area (Å²) in [4.78, 5) is 15.5. The van der Waals surface area contributed by atoms with Crippen LogP contribution in [0.3, 0.4) is 0 Å². The topological polar surface area (TPSA) is 75.7 Å².